The third-order valence-electron chi connectivity index (χ3n) is 7.47. The molecule has 3 amide bonds. The van der Waals surface area contributed by atoms with Crippen molar-refractivity contribution in [3.63, 3.8) is 0 Å². The number of nitriles is 1. The fraction of sp³-hybridized carbons (Fsp3) is 0.423. The summed E-state index contributed by atoms with van der Waals surface area (Å²) in [5.41, 5.74) is 6.81. The summed E-state index contributed by atoms with van der Waals surface area (Å²) < 4.78 is 40.3. The summed E-state index contributed by atoms with van der Waals surface area (Å²) in [5.74, 6) is -1.03. The molecular formula is C26H28F3N5O2. The molecule has 1 spiro atoms. The fourth-order valence-electron chi connectivity index (χ4n) is 5.36. The standard InChI is InChI=1S/C26H28F3N5O2/c1-16-3-4-17(2)22(11-16)32-24(36)34-14-21(23(31)35)25(15-34)7-9-33(10-8-25)19-6-5-18(13-30)20(12-19)26(27,28)29/h3-6,11-12,21H,7-10,14-15H2,1-2H3,(H2,31,35)(H,32,36). The number of urea groups is 1. The number of primary amides is 1. The van der Waals surface area contributed by atoms with E-state index in [1.165, 1.54) is 12.1 Å². The van der Waals surface area contributed by atoms with Crippen LogP contribution in [-0.2, 0) is 11.0 Å². The maximum Gasteiger partial charge on any atom is 0.417 e. The van der Waals surface area contributed by atoms with Gasteiger partial charge in [-0.25, -0.2) is 4.79 Å². The van der Waals surface area contributed by atoms with E-state index in [4.69, 9.17) is 11.0 Å². The number of anilines is 2. The van der Waals surface area contributed by atoms with E-state index in [0.717, 1.165) is 17.2 Å². The maximum absolute atomic E-state index is 13.4. The number of carbonyl (C=O) groups is 2. The third kappa shape index (κ3) is 4.83. The molecule has 2 saturated heterocycles. The van der Waals surface area contributed by atoms with Crippen molar-refractivity contribution < 1.29 is 22.8 Å². The normalized spacial score (nSPS) is 19.3. The highest BCUT2D eigenvalue weighted by molar-refractivity contribution is 5.91. The molecule has 2 fully saturated rings. The van der Waals surface area contributed by atoms with Crippen molar-refractivity contribution in [2.45, 2.75) is 32.9 Å². The Balaban J connectivity index is 1.50. The molecule has 1 atom stereocenters. The van der Waals surface area contributed by atoms with Crippen LogP contribution >= 0.6 is 0 Å². The number of hydrogen-bond donors (Lipinski definition) is 2. The van der Waals surface area contributed by atoms with E-state index < -0.39 is 34.5 Å². The van der Waals surface area contributed by atoms with Gasteiger partial charge in [0.15, 0.2) is 0 Å². The first kappa shape index (κ1) is 25.4. The molecule has 3 N–H and O–H groups in total. The zero-order valence-corrected chi connectivity index (χ0v) is 20.2. The molecule has 0 aromatic heterocycles. The maximum atomic E-state index is 13.4. The lowest BCUT2D eigenvalue weighted by Gasteiger charge is -2.42. The van der Waals surface area contributed by atoms with Crippen molar-refractivity contribution >= 4 is 23.3 Å². The molecule has 0 saturated carbocycles. The molecule has 190 valence electrons. The van der Waals surface area contributed by atoms with Crippen LogP contribution in [0.25, 0.3) is 0 Å². The molecule has 2 heterocycles. The summed E-state index contributed by atoms with van der Waals surface area (Å²) in [4.78, 5) is 28.9. The van der Waals surface area contributed by atoms with Gasteiger partial charge in [0.2, 0.25) is 5.91 Å². The van der Waals surface area contributed by atoms with E-state index in [2.05, 4.69) is 5.32 Å². The molecule has 0 bridgehead atoms. The van der Waals surface area contributed by atoms with E-state index >= 15 is 0 Å². The second kappa shape index (κ2) is 9.37. The van der Waals surface area contributed by atoms with Gasteiger partial charge in [-0.3, -0.25) is 4.79 Å². The average molecular weight is 500 g/mol. The number of nitrogens with zero attached hydrogens (tertiary/aromatic N) is 3. The van der Waals surface area contributed by atoms with Gasteiger partial charge in [0, 0.05) is 43.0 Å². The van der Waals surface area contributed by atoms with Crippen molar-refractivity contribution in [2.24, 2.45) is 17.1 Å². The Hall–Kier alpha value is -3.74. The van der Waals surface area contributed by atoms with Crippen molar-refractivity contribution in [1.29, 1.82) is 5.26 Å². The van der Waals surface area contributed by atoms with Gasteiger partial charge in [0.1, 0.15) is 0 Å². The van der Waals surface area contributed by atoms with Crippen LogP contribution in [0.4, 0.5) is 29.3 Å². The van der Waals surface area contributed by atoms with Crippen LogP contribution in [0.3, 0.4) is 0 Å². The van der Waals surface area contributed by atoms with Crippen molar-refractivity contribution in [3.8, 4) is 6.07 Å². The van der Waals surface area contributed by atoms with Gasteiger partial charge in [-0.05, 0) is 62.1 Å². The quantitative estimate of drug-likeness (QED) is 0.652. The smallest absolute Gasteiger partial charge is 0.371 e. The lowest BCUT2D eigenvalue weighted by Crippen LogP contribution is -2.47. The summed E-state index contributed by atoms with van der Waals surface area (Å²) in [7, 11) is 0. The SMILES string of the molecule is Cc1ccc(C)c(NC(=O)N2CC(C(N)=O)C3(CCN(c4ccc(C#N)c(C(F)(F)F)c4)CC3)C2)c1. The summed E-state index contributed by atoms with van der Waals surface area (Å²) in [6, 6.07) is 10.7. The number of likely N-dealkylation sites (tertiary alicyclic amines) is 1. The first-order chi connectivity index (χ1) is 16.9. The van der Waals surface area contributed by atoms with Gasteiger partial charge in [0.05, 0.1) is 23.1 Å². The Morgan fingerprint density at radius 3 is 2.44 bits per heavy atom. The van der Waals surface area contributed by atoms with Gasteiger partial charge in [-0.1, -0.05) is 12.1 Å². The second-order valence-electron chi connectivity index (χ2n) is 9.77. The van der Waals surface area contributed by atoms with E-state index in [-0.39, 0.29) is 12.6 Å². The summed E-state index contributed by atoms with van der Waals surface area (Å²) in [6.07, 6.45) is -3.64. The van der Waals surface area contributed by atoms with Crippen LogP contribution in [0.1, 0.15) is 35.1 Å². The zero-order valence-electron chi connectivity index (χ0n) is 20.2. The average Bonchev–Trinajstić information content (AvgIpc) is 3.20. The molecule has 0 aliphatic carbocycles. The topological polar surface area (TPSA) is 102 Å². The number of rotatable bonds is 3. The summed E-state index contributed by atoms with van der Waals surface area (Å²) in [5, 5.41) is 12.0. The lowest BCUT2D eigenvalue weighted by molar-refractivity contribution is -0.137. The van der Waals surface area contributed by atoms with Crippen LogP contribution in [0.5, 0.6) is 0 Å². The Morgan fingerprint density at radius 2 is 1.83 bits per heavy atom. The molecule has 2 aromatic carbocycles. The fourth-order valence-corrected chi connectivity index (χ4v) is 5.36. The van der Waals surface area contributed by atoms with Gasteiger partial charge in [-0.2, -0.15) is 18.4 Å². The van der Waals surface area contributed by atoms with Gasteiger partial charge in [0.25, 0.3) is 0 Å². The number of piperidine rings is 1. The van der Waals surface area contributed by atoms with Crippen LogP contribution in [0.15, 0.2) is 36.4 Å². The highest BCUT2D eigenvalue weighted by atomic mass is 19.4. The van der Waals surface area contributed by atoms with Crippen molar-refractivity contribution in [3.05, 3.63) is 58.7 Å². The third-order valence-corrected chi connectivity index (χ3v) is 7.47. The number of nitrogens with two attached hydrogens (primary N) is 1. The number of amides is 3. The van der Waals surface area contributed by atoms with E-state index in [0.29, 0.717) is 43.9 Å². The molecule has 7 nitrogen and oxygen atoms in total. The van der Waals surface area contributed by atoms with Gasteiger partial charge < -0.3 is 20.9 Å². The molecule has 36 heavy (non-hydrogen) atoms. The molecule has 4 rings (SSSR count). The van der Waals surface area contributed by atoms with Crippen molar-refractivity contribution in [1.82, 2.24) is 4.90 Å². The number of alkyl halides is 3. The highest BCUT2D eigenvalue weighted by Crippen LogP contribution is 2.46. The van der Waals surface area contributed by atoms with Gasteiger partial charge in [-0.15, -0.1) is 0 Å². The predicted octanol–water partition coefficient (Wildman–Crippen LogP) is 4.43. The monoisotopic (exact) mass is 499 g/mol. The second-order valence-corrected chi connectivity index (χ2v) is 9.77. The van der Waals surface area contributed by atoms with Crippen molar-refractivity contribution in [2.75, 3.05) is 36.4 Å². The highest BCUT2D eigenvalue weighted by Gasteiger charge is 2.52. The van der Waals surface area contributed by atoms with E-state index in [1.54, 1.807) is 11.0 Å². The number of benzene rings is 2. The Labute approximate surface area is 207 Å². The molecule has 1 unspecified atom stereocenters. The molecular weight excluding hydrogens is 471 g/mol. The first-order valence-electron chi connectivity index (χ1n) is 11.7. The minimum Gasteiger partial charge on any atom is -0.371 e. The van der Waals surface area contributed by atoms with Gasteiger partial charge >= 0.3 is 12.2 Å². The van der Waals surface area contributed by atoms with E-state index in [9.17, 15) is 22.8 Å². The Bertz CT molecular complexity index is 1230. The lowest BCUT2D eigenvalue weighted by atomic mass is 9.70. The number of carbonyl (C=O) groups excluding carboxylic acids is 2. The number of aryl methyl sites for hydroxylation is 2. The minimum absolute atomic E-state index is 0.196. The Kier molecular flexibility index (Phi) is 6.60. The van der Waals surface area contributed by atoms with Crippen LogP contribution < -0.4 is 16.0 Å². The molecule has 2 aliphatic heterocycles. The minimum atomic E-state index is -4.63. The molecule has 2 aromatic rings. The first-order valence-corrected chi connectivity index (χ1v) is 11.7. The zero-order chi connectivity index (χ0) is 26.3. The molecule has 2 aliphatic rings. The Morgan fingerprint density at radius 1 is 1.14 bits per heavy atom. The molecule has 10 heteroatoms. The number of nitrogens with one attached hydrogen (secondary N) is 1. The summed E-state index contributed by atoms with van der Waals surface area (Å²) >= 11 is 0. The number of hydrogen-bond acceptors (Lipinski definition) is 4. The predicted molar refractivity (Wildman–Crippen MR) is 129 cm³/mol. The van der Waals surface area contributed by atoms with Crippen LogP contribution in [-0.4, -0.2) is 43.0 Å². The molecule has 0 radical (unpaired) electrons. The van der Waals surface area contributed by atoms with Crippen LogP contribution in [0.2, 0.25) is 0 Å². The summed E-state index contributed by atoms with van der Waals surface area (Å²) in [6.45, 7) is 5.17. The number of halogens is 3. The largest absolute Gasteiger partial charge is 0.417 e. The van der Waals surface area contributed by atoms with E-state index in [1.807, 2.05) is 36.9 Å². The van der Waals surface area contributed by atoms with Crippen LogP contribution in [0, 0.1) is 36.5 Å².